The molecule has 2 aromatic rings. The molecule has 0 aliphatic rings. The number of carbonyl (C=O) groups excluding carboxylic acids is 1. The van der Waals surface area contributed by atoms with E-state index in [0.29, 0.717) is 4.67 Å². The van der Waals surface area contributed by atoms with Crippen LogP contribution in [0.5, 0.6) is 0 Å². The van der Waals surface area contributed by atoms with Gasteiger partial charge in [0.2, 0.25) is 0 Å². The number of halogens is 1. The minimum Gasteiger partial charge on any atom is -0.444 e. The normalized spacial score (nSPS) is 11.5. The molecular formula is C11H13BrN4O4S. The number of carbonyl (C=O) groups is 1. The van der Waals surface area contributed by atoms with Crippen molar-refractivity contribution in [2.45, 2.75) is 5.03 Å². The molecule has 21 heavy (non-hydrogen) atoms. The van der Waals surface area contributed by atoms with Crippen molar-refractivity contribution in [2.75, 3.05) is 13.1 Å². The molecule has 0 aromatic carbocycles. The molecule has 2 N–H and O–H groups in total. The third kappa shape index (κ3) is 4.16. The van der Waals surface area contributed by atoms with Gasteiger partial charge in [-0.15, -0.1) is 0 Å². The quantitative estimate of drug-likeness (QED) is 0.713. The summed E-state index contributed by atoms with van der Waals surface area (Å²) < 4.78 is 33.1. The number of imidazole rings is 1. The fraction of sp³-hybridized carbons (Fsp3) is 0.273. The number of nitrogens with one attached hydrogen (secondary N) is 2. The predicted molar refractivity (Wildman–Crippen MR) is 77.1 cm³/mol. The highest BCUT2D eigenvalue weighted by atomic mass is 79.9. The van der Waals surface area contributed by atoms with Crippen molar-refractivity contribution in [3.63, 3.8) is 0 Å². The fourth-order valence-corrected chi connectivity index (χ4v) is 2.80. The maximum Gasteiger partial charge on any atom is 0.287 e. The van der Waals surface area contributed by atoms with E-state index < -0.39 is 15.9 Å². The van der Waals surface area contributed by atoms with E-state index in [-0.39, 0.29) is 23.9 Å². The van der Waals surface area contributed by atoms with Crippen LogP contribution in [0.3, 0.4) is 0 Å². The van der Waals surface area contributed by atoms with E-state index in [1.165, 1.54) is 23.2 Å². The first-order valence-electron chi connectivity index (χ1n) is 5.89. The zero-order valence-corrected chi connectivity index (χ0v) is 13.4. The van der Waals surface area contributed by atoms with Crippen LogP contribution in [0.2, 0.25) is 0 Å². The van der Waals surface area contributed by atoms with E-state index in [9.17, 15) is 13.2 Å². The number of nitrogens with zero attached hydrogens (tertiary/aromatic N) is 2. The summed E-state index contributed by atoms with van der Waals surface area (Å²) in [6, 6.07) is 3.11. The summed E-state index contributed by atoms with van der Waals surface area (Å²) in [5.74, 6) is -0.271. The van der Waals surface area contributed by atoms with Crippen molar-refractivity contribution in [3.05, 3.63) is 35.1 Å². The summed E-state index contributed by atoms with van der Waals surface area (Å²) in [6.07, 6.45) is 2.78. The topological polar surface area (TPSA) is 106 Å². The minimum atomic E-state index is -3.66. The summed E-state index contributed by atoms with van der Waals surface area (Å²) in [7, 11) is -1.99. The van der Waals surface area contributed by atoms with Crippen LogP contribution in [0.15, 0.2) is 38.8 Å². The van der Waals surface area contributed by atoms with E-state index in [1.807, 2.05) is 0 Å². The van der Waals surface area contributed by atoms with Crippen molar-refractivity contribution in [2.24, 2.45) is 7.05 Å². The van der Waals surface area contributed by atoms with E-state index in [4.69, 9.17) is 4.42 Å². The summed E-state index contributed by atoms with van der Waals surface area (Å²) >= 11 is 3.09. The number of furan rings is 1. The third-order valence-electron chi connectivity index (χ3n) is 2.46. The van der Waals surface area contributed by atoms with Gasteiger partial charge in [0, 0.05) is 26.3 Å². The Morgan fingerprint density at radius 1 is 1.43 bits per heavy atom. The first-order chi connectivity index (χ1) is 9.88. The van der Waals surface area contributed by atoms with Crippen molar-refractivity contribution in [3.8, 4) is 0 Å². The average molecular weight is 377 g/mol. The Hall–Kier alpha value is -1.65. The van der Waals surface area contributed by atoms with Crippen molar-refractivity contribution in [1.29, 1.82) is 0 Å². The molecule has 2 rings (SSSR count). The molecule has 0 aliphatic carbocycles. The Kier molecular flexibility index (Phi) is 4.80. The maximum atomic E-state index is 11.8. The molecule has 0 saturated heterocycles. The van der Waals surface area contributed by atoms with E-state index in [2.05, 4.69) is 31.0 Å². The summed E-state index contributed by atoms with van der Waals surface area (Å²) in [5.41, 5.74) is 0. The Morgan fingerprint density at radius 3 is 2.76 bits per heavy atom. The van der Waals surface area contributed by atoms with Crippen LogP contribution in [-0.2, 0) is 17.1 Å². The Balaban J connectivity index is 1.81. The number of aryl methyl sites for hydroxylation is 1. The molecule has 0 spiro atoms. The number of aromatic nitrogens is 2. The van der Waals surface area contributed by atoms with Crippen LogP contribution in [-0.4, -0.2) is 37.0 Å². The molecule has 8 nitrogen and oxygen atoms in total. The molecule has 0 fully saturated rings. The number of amides is 1. The Bertz CT molecular complexity index is 737. The largest absolute Gasteiger partial charge is 0.444 e. The van der Waals surface area contributed by atoms with Gasteiger partial charge in [-0.25, -0.2) is 18.1 Å². The lowest BCUT2D eigenvalue weighted by atomic mass is 10.4. The predicted octanol–water partition coefficient (Wildman–Crippen LogP) is 0.484. The SMILES string of the molecule is Cn1cnc(S(=O)(=O)NCCNC(=O)c2ccc(Br)o2)c1. The molecule has 0 bridgehead atoms. The number of sulfonamides is 1. The third-order valence-corrected chi connectivity index (χ3v) is 4.23. The van der Waals surface area contributed by atoms with Crippen LogP contribution in [0.1, 0.15) is 10.6 Å². The molecule has 114 valence electrons. The van der Waals surface area contributed by atoms with Gasteiger partial charge >= 0.3 is 0 Å². The van der Waals surface area contributed by atoms with Gasteiger partial charge in [-0.1, -0.05) is 0 Å². The number of rotatable bonds is 6. The van der Waals surface area contributed by atoms with Crippen LogP contribution >= 0.6 is 15.9 Å². The first-order valence-corrected chi connectivity index (χ1v) is 8.17. The summed E-state index contributed by atoms with van der Waals surface area (Å²) in [5, 5.41) is 2.47. The highest BCUT2D eigenvalue weighted by molar-refractivity contribution is 9.10. The molecule has 0 unspecified atom stereocenters. The molecule has 0 aliphatic heterocycles. The van der Waals surface area contributed by atoms with Crippen LogP contribution < -0.4 is 10.0 Å². The lowest BCUT2D eigenvalue weighted by molar-refractivity contribution is 0.0925. The highest BCUT2D eigenvalue weighted by Crippen LogP contribution is 2.13. The second-order valence-electron chi connectivity index (χ2n) is 4.13. The van der Waals surface area contributed by atoms with Crippen LogP contribution in [0.25, 0.3) is 0 Å². The minimum absolute atomic E-state index is 0.0481. The van der Waals surface area contributed by atoms with Crippen molar-refractivity contribution in [1.82, 2.24) is 19.6 Å². The van der Waals surface area contributed by atoms with E-state index in [0.717, 1.165) is 0 Å². The smallest absolute Gasteiger partial charge is 0.287 e. The van der Waals surface area contributed by atoms with Gasteiger partial charge in [-0.2, -0.15) is 0 Å². The van der Waals surface area contributed by atoms with Crippen molar-refractivity contribution < 1.29 is 17.6 Å². The van der Waals surface area contributed by atoms with Gasteiger partial charge in [-0.3, -0.25) is 4.79 Å². The fourth-order valence-electron chi connectivity index (χ4n) is 1.49. The highest BCUT2D eigenvalue weighted by Gasteiger charge is 2.16. The molecule has 2 heterocycles. The molecule has 0 radical (unpaired) electrons. The van der Waals surface area contributed by atoms with Gasteiger partial charge < -0.3 is 14.3 Å². The van der Waals surface area contributed by atoms with Gasteiger partial charge in [-0.05, 0) is 28.1 Å². The molecule has 2 aromatic heterocycles. The summed E-state index contributed by atoms with van der Waals surface area (Å²) in [4.78, 5) is 15.4. The van der Waals surface area contributed by atoms with Gasteiger partial charge in [0.05, 0.1) is 6.33 Å². The second kappa shape index (κ2) is 6.41. The summed E-state index contributed by atoms with van der Waals surface area (Å²) in [6.45, 7) is 0.176. The second-order valence-corrected chi connectivity index (χ2v) is 6.63. The monoisotopic (exact) mass is 376 g/mol. The lowest BCUT2D eigenvalue weighted by Crippen LogP contribution is -2.34. The molecule has 0 atom stereocenters. The average Bonchev–Trinajstić information content (AvgIpc) is 3.03. The standard InChI is InChI=1S/C11H13BrN4O4S/c1-16-6-10(14-7-16)21(18,19)15-5-4-13-11(17)8-2-3-9(12)20-8/h2-3,6-7,15H,4-5H2,1H3,(H,13,17). The number of hydrogen-bond donors (Lipinski definition) is 2. The lowest BCUT2D eigenvalue weighted by Gasteiger charge is -2.05. The Labute approximate surface area is 129 Å². The molecular weight excluding hydrogens is 364 g/mol. The first kappa shape index (κ1) is 15.7. The molecule has 10 heteroatoms. The maximum absolute atomic E-state index is 11.8. The van der Waals surface area contributed by atoms with Crippen molar-refractivity contribution >= 4 is 31.9 Å². The van der Waals surface area contributed by atoms with Gasteiger partial charge in [0.15, 0.2) is 15.5 Å². The zero-order chi connectivity index (χ0) is 15.5. The Morgan fingerprint density at radius 2 is 2.19 bits per heavy atom. The van der Waals surface area contributed by atoms with E-state index in [1.54, 1.807) is 13.1 Å². The zero-order valence-electron chi connectivity index (χ0n) is 11.0. The van der Waals surface area contributed by atoms with E-state index >= 15 is 0 Å². The van der Waals surface area contributed by atoms with Crippen LogP contribution in [0.4, 0.5) is 0 Å². The van der Waals surface area contributed by atoms with Gasteiger partial charge in [0.1, 0.15) is 0 Å². The molecule has 1 amide bonds. The van der Waals surface area contributed by atoms with Gasteiger partial charge in [0.25, 0.3) is 15.9 Å². The number of hydrogen-bond acceptors (Lipinski definition) is 5. The van der Waals surface area contributed by atoms with Crippen LogP contribution in [0, 0.1) is 0 Å². The molecule has 0 saturated carbocycles.